The summed E-state index contributed by atoms with van der Waals surface area (Å²) in [6.07, 6.45) is 2.05. The molecule has 0 unspecified atom stereocenters. The Bertz CT molecular complexity index is 636. The van der Waals surface area contributed by atoms with Gasteiger partial charge in [0.1, 0.15) is 5.82 Å². The van der Waals surface area contributed by atoms with Gasteiger partial charge in [0, 0.05) is 0 Å². The summed E-state index contributed by atoms with van der Waals surface area (Å²) in [5.41, 5.74) is 0.481. The molecule has 1 aliphatic heterocycles. The normalized spacial score (nSPS) is 20.0. The number of aldehydes is 1. The van der Waals surface area contributed by atoms with Gasteiger partial charge in [-0.2, -0.15) is 0 Å². The molecule has 0 spiro atoms. The highest BCUT2D eigenvalue weighted by atomic mass is 19.1. The minimum atomic E-state index is -0.743. The van der Waals surface area contributed by atoms with E-state index in [4.69, 9.17) is 9.31 Å². The van der Waals surface area contributed by atoms with Crippen molar-refractivity contribution in [1.29, 1.82) is 0 Å². The molecule has 1 fully saturated rings. The van der Waals surface area contributed by atoms with Crippen molar-refractivity contribution in [2.24, 2.45) is 0 Å². The first-order chi connectivity index (χ1) is 10.6. The van der Waals surface area contributed by atoms with Crippen LogP contribution in [0.4, 0.5) is 4.39 Å². The number of carbonyl (C=O) groups is 1. The summed E-state index contributed by atoms with van der Waals surface area (Å²) < 4.78 is 25.6. The average Bonchev–Trinajstić information content (AvgIpc) is 2.68. The Hall–Kier alpha value is -1.50. The molecule has 1 N–H and O–H groups in total. The Morgan fingerprint density at radius 2 is 1.78 bits per heavy atom. The fourth-order valence-corrected chi connectivity index (χ4v) is 2.40. The van der Waals surface area contributed by atoms with Crippen LogP contribution in [0.25, 0.3) is 6.08 Å². The Balaban J connectivity index is 2.46. The van der Waals surface area contributed by atoms with Crippen LogP contribution in [0.5, 0.6) is 0 Å². The van der Waals surface area contributed by atoms with E-state index < -0.39 is 24.1 Å². The number of halogens is 1. The van der Waals surface area contributed by atoms with Gasteiger partial charge in [-0.05, 0) is 57.3 Å². The maximum Gasteiger partial charge on any atom is 0.492 e. The number of aliphatic hydroxyl groups excluding tert-OH is 1. The van der Waals surface area contributed by atoms with Crippen LogP contribution in [0.2, 0.25) is 0 Å². The van der Waals surface area contributed by atoms with Gasteiger partial charge < -0.3 is 14.4 Å². The van der Waals surface area contributed by atoms with Crippen LogP contribution in [0.15, 0.2) is 17.6 Å². The van der Waals surface area contributed by atoms with E-state index in [0.717, 1.165) is 5.56 Å². The fraction of sp³-hybridized carbons (Fsp3) is 0.471. The molecule has 1 aromatic carbocycles. The summed E-state index contributed by atoms with van der Waals surface area (Å²) in [4.78, 5) is 11.2. The third-order valence-electron chi connectivity index (χ3n) is 4.64. The van der Waals surface area contributed by atoms with Gasteiger partial charge in [0.25, 0.3) is 0 Å². The van der Waals surface area contributed by atoms with E-state index in [0.29, 0.717) is 17.3 Å². The van der Waals surface area contributed by atoms with Gasteiger partial charge in [-0.1, -0.05) is 12.1 Å². The second-order valence-corrected chi connectivity index (χ2v) is 6.78. The summed E-state index contributed by atoms with van der Waals surface area (Å²) in [6, 6.07) is 2.84. The van der Waals surface area contributed by atoms with Crippen LogP contribution in [-0.4, -0.2) is 36.3 Å². The minimum Gasteiger partial charge on any atom is -0.400 e. The molecule has 0 aliphatic carbocycles. The molecule has 0 aromatic heterocycles. The van der Waals surface area contributed by atoms with Crippen molar-refractivity contribution in [2.45, 2.75) is 45.8 Å². The number of hydrogen-bond acceptors (Lipinski definition) is 4. The average molecular weight is 320 g/mol. The molecule has 0 bridgehead atoms. The van der Waals surface area contributed by atoms with Gasteiger partial charge in [-0.3, -0.25) is 4.79 Å². The molecule has 0 saturated carbocycles. The smallest absolute Gasteiger partial charge is 0.400 e. The number of carbonyl (C=O) groups excluding carboxylic acids is 1. The second kappa shape index (κ2) is 6.19. The molecule has 6 heteroatoms. The molecule has 23 heavy (non-hydrogen) atoms. The van der Waals surface area contributed by atoms with Crippen molar-refractivity contribution in [3.05, 3.63) is 40.1 Å². The largest absolute Gasteiger partial charge is 0.492 e. The molecule has 124 valence electrons. The molecule has 1 aliphatic rings. The van der Waals surface area contributed by atoms with Gasteiger partial charge >= 0.3 is 7.12 Å². The molecule has 0 atom stereocenters. The Morgan fingerprint density at radius 1 is 1.22 bits per heavy atom. The van der Waals surface area contributed by atoms with E-state index in [2.05, 4.69) is 0 Å². The summed E-state index contributed by atoms with van der Waals surface area (Å²) >= 11 is 0. The van der Waals surface area contributed by atoms with Gasteiger partial charge in [-0.25, -0.2) is 4.39 Å². The van der Waals surface area contributed by atoms with E-state index in [1.54, 1.807) is 19.1 Å². The van der Waals surface area contributed by atoms with Crippen LogP contribution in [0.3, 0.4) is 0 Å². The van der Waals surface area contributed by atoms with E-state index in [1.807, 2.05) is 27.7 Å². The Morgan fingerprint density at radius 3 is 2.26 bits per heavy atom. The standard InChI is InChI=1S/C17H22BFO4/c1-11-6-7-15(19)14(10-21)13(11)8-12(9-20)18-22-16(2,3)17(4,5)23-18/h6-8,10,20H,9H2,1-5H3. The quantitative estimate of drug-likeness (QED) is 0.684. The molecule has 0 amide bonds. The summed E-state index contributed by atoms with van der Waals surface area (Å²) in [5, 5.41) is 9.70. The molecular weight excluding hydrogens is 298 g/mol. The van der Waals surface area contributed by atoms with Gasteiger partial charge in [0.05, 0.1) is 23.4 Å². The predicted molar refractivity (Wildman–Crippen MR) is 87.7 cm³/mol. The molecular formula is C17H22BFO4. The van der Waals surface area contributed by atoms with Crippen molar-refractivity contribution < 1.29 is 23.6 Å². The van der Waals surface area contributed by atoms with Gasteiger partial charge in [0.15, 0.2) is 6.29 Å². The number of aliphatic hydroxyl groups is 1. The molecule has 2 rings (SSSR count). The summed E-state index contributed by atoms with van der Waals surface area (Å²) in [6.45, 7) is 9.10. The first-order valence-electron chi connectivity index (χ1n) is 7.54. The second-order valence-electron chi connectivity index (χ2n) is 6.78. The van der Waals surface area contributed by atoms with Crippen molar-refractivity contribution in [2.75, 3.05) is 6.61 Å². The van der Waals surface area contributed by atoms with E-state index in [-0.39, 0.29) is 12.2 Å². The lowest BCUT2D eigenvalue weighted by Crippen LogP contribution is -2.41. The zero-order chi connectivity index (χ0) is 17.4. The third-order valence-corrected chi connectivity index (χ3v) is 4.64. The fourth-order valence-electron chi connectivity index (χ4n) is 2.40. The molecule has 4 nitrogen and oxygen atoms in total. The molecule has 1 aromatic rings. The highest BCUT2D eigenvalue weighted by Crippen LogP contribution is 2.39. The molecule has 1 heterocycles. The Kier molecular flexibility index (Phi) is 4.80. The van der Waals surface area contributed by atoms with Crippen LogP contribution in [-0.2, 0) is 9.31 Å². The highest BCUT2D eigenvalue weighted by Gasteiger charge is 2.52. The van der Waals surface area contributed by atoms with Crippen LogP contribution >= 0.6 is 0 Å². The number of benzene rings is 1. The lowest BCUT2D eigenvalue weighted by Gasteiger charge is -2.32. The molecule has 1 saturated heterocycles. The summed E-state index contributed by atoms with van der Waals surface area (Å²) in [5.74, 6) is -0.594. The van der Waals surface area contributed by atoms with Gasteiger partial charge in [0.2, 0.25) is 0 Å². The first kappa shape index (κ1) is 17.9. The number of aryl methyl sites for hydroxylation is 1. The van der Waals surface area contributed by atoms with Crippen LogP contribution in [0, 0.1) is 12.7 Å². The van der Waals surface area contributed by atoms with E-state index in [1.165, 1.54) is 6.07 Å². The minimum absolute atomic E-state index is 0.0348. The predicted octanol–water partition coefficient (Wildman–Crippen LogP) is 2.95. The lowest BCUT2D eigenvalue weighted by molar-refractivity contribution is 0.00578. The summed E-state index contributed by atoms with van der Waals surface area (Å²) in [7, 11) is -0.743. The maximum atomic E-state index is 13.8. The van der Waals surface area contributed by atoms with Crippen molar-refractivity contribution in [1.82, 2.24) is 0 Å². The number of hydrogen-bond donors (Lipinski definition) is 1. The number of rotatable bonds is 4. The molecule has 0 radical (unpaired) electrons. The van der Waals surface area contributed by atoms with Crippen molar-refractivity contribution in [3.8, 4) is 0 Å². The topological polar surface area (TPSA) is 55.8 Å². The van der Waals surface area contributed by atoms with Crippen LogP contribution in [0.1, 0.15) is 49.2 Å². The zero-order valence-corrected chi connectivity index (χ0v) is 14.1. The third kappa shape index (κ3) is 3.25. The van der Waals surface area contributed by atoms with Crippen molar-refractivity contribution >= 4 is 19.5 Å². The monoisotopic (exact) mass is 320 g/mol. The van der Waals surface area contributed by atoms with Gasteiger partial charge in [-0.15, -0.1) is 0 Å². The SMILES string of the molecule is Cc1ccc(F)c(C=O)c1C=C(CO)B1OC(C)(C)C(C)(C)O1. The Labute approximate surface area is 136 Å². The maximum absolute atomic E-state index is 13.8. The lowest BCUT2D eigenvalue weighted by atomic mass is 9.77. The van der Waals surface area contributed by atoms with Crippen molar-refractivity contribution in [3.63, 3.8) is 0 Å². The van der Waals surface area contributed by atoms with Crippen LogP contribution < -0.4 is 0 Å². The first-order valence-corrected chi connectivity index (χ1v) is 7.54. The highest BCUT2D eigenvalue weighted by molar-refractivity contribution is 6.55. The van der Waals surface area contributed by atoms with E-state index in [9.17, 15) is 14.3 Å². The zero-order valence-electron chi connectivity index (χ0n) is 14.1. The van der Waals surface area contributed by atoms with E-state index >= 15 is 0 Å².